The second-order valence-electron chi connectivity index (χ2n) is 3.20. The van der Waals surface area contributed by atoms with Crippen molar-refractivity contribution in [3.63, 3.8) is 0 Å². The molecule has 0 saturated carbocycles. The Morgan fingerprint density at radius 3 is 3.00 bits per heavy atom. The fourth-order valence-electron chi connectivity index (χ4n) is 1.29. The third kappa shape index (κ3) is 3.25. The molecular weight excluding hydrogens is 202 g/mol. The summed E-state index contributed by atoms with van der Waals surface area (Å²) in [6.07, 6.45) is 4.23. The third-order valence-electron chi connectivity index (χ3n) is 2.16. The third-order valence-corrected chi connectivity index (χ3v) is 2.42. The molecular formula is C8H16ClN5. The van der Waals surface area contributed by atoms with E-state index in [1.54, 1.807) is 11.0 Å². The highest BCUT2D eigenvalue weighted by atomic mass is 35.5. The molecule has 1 aromatic heterocycles. The number of hydrogen-bond donors (Lipinski definition) is 2. The van der Waals surface area contributed by atoms with Crippen molar-refractivity contribution < 1.29 is 0 Å². The Morgan fingerprint density at radius 2 is 2.50 bits per heavy atom. The van der Waals surface area contributed by atoms with E-state index >= 15 is 0 Å². The molecule has 80 valence electrons. The zero-order valence-electron chi connectivity index (χ0n) is 8.28. The maximum atomic E-state index is 5.61. The first-order chi connectivity index (χ1) is 6.77. The van der Waals surface area contributed by atoms with Gasteiger partial charge in [0.1, 0.15) is 12.2 Å². The second-order valence-corrected chi connectivity index (χ2v) is 3.58. The minimum absolute atomic E-state index is 0.219. The molecule has 5 nitrogen and oxygen atoms in total. The molecule has 0 spiro atoms. The van der Waals surface area contributed by atoms with E-state index in [-0.39, 0.29) is 6.04 Å². The smallest absolute Gasteiger partial charge is 0.138 e. The summed E-state index contributed by atoms with van der Waals surface area (Å²) in [6, 6.07) is 0.219. The van der Waals surface area contributed by atoms with Crippen LogP contribution in [0.3, 0.4) is 0 Å². The summed E-state index contributed by atoms with van der Waals surface area (Å²) < 4.78 is 1.75. The van der Waals surface area contributed by atoms with Gasteiger partial charge in [-0.05, 0) is 12.8 Å². The molecule has 1 unspecified atom stereocenters. The molecule has 0 bridgehead atoms. The molecule has 1 heterocycles. The van der Waals surface area contributed by atoms with Gasteiger partial charge in [0.05, 0.1) is 0 Å². The predicted octanol–water partition coefficient (Wildman–Crippen LogP) is 0.208. The normalized spacial score (nSPS) is 13.1. The number of alkyl halides is 1. The van der Waals surface area contributed by atoms with Gasteiger partial charge in [0.15, 0.2) is 0 Å². The van der Waals surface area contributed by atoms with Crippen LogP contribution in [0.5, 0.6) is 0 Å². The molecule has 0 fully saturated rings. The first-order valence-corrected chi connectivity index (χ1v) is 5.16. The van der Waals surface area contributed by atoms with E-state index in [0.717, 1.165) is 25.1 Å². The Morgan fingerprint density at radius 1 is 1.71 bits per heavy atom. The maximum absolute atomic E-state index is 5.61. The number of nitrogens with two attached hydrogens (primary N) is 1. The van der Waals surface area contributed by atoms with Crippen molar-refractivity contribution in [1.82, 2.24) is 20.2 Å². The van der Waals surface area contributed by atoms with Crippen LogP contribution in [0, 0.1) is 0 Å². The number of rotatable bonds is 6. The standard InChI is InChI=1S/C8H16ClN5/c1-14-8(11-6-12-14)5-7(13-10)3-2-4-9/h6-7,13H,2-5,10H2,1H3. The van der Waals surface area contributed by atoms with Crippen LogP contribution < -0.4 is 11.3 Å². The Labute approximate surface area is 88.6 Å². The fourth-order valence-corrected chi connectivity index (χ4v) is 1.45. The zero-order valence-corrected chi connectivity index (χ0v) is 9.04. The van der Waals surface area contributed by atoms with Gasteiger partial charge in [-0.15, -0.1) is 11.6 Å². The van der Waals surface area contributed by atoms with Crippen LogP contribution in [0.1, 0.15) is 18.7 Å². The molecule has 14 heavy (non-hydrogen) atoms. The summed E-state index contributed by atoms with van der Waals surface area (Å²) in [4.78, 5) is 4.13. The van der Waals surface area contributed by atoms with Gasteiger partial charge in [-0.1, -0.05) is 0 Å². The van der Waals surface area contributed by atoms with Crippen molar-refractivity contribution in [2.75, 3.05) is 5.88 Å². The molecule has 0 aliphatic rings. The molecule has 3 N–H and O–H groups in total. The number of aryl methyl sites for hydroxylation is 1. The van der Waals surface area contributed by atoms with Crippen molar-refractivity contribution >= 4 is 11.6 Å². The molecule has 0 aliphatic heterocycles. The van der Waals surface area contributed by atoms with E-state index in [1.165, 1.54) is 0 Å². The topological polar surface area (TPSA) is 68.8 Å². The van der Waals surface area contributed by atoms with Crippen LogP contribution in [0.4, 0.5) is 0 Å². The number of nitrogens with zero attached hydrogens (tertiary/aromatic N) is 3. The number of aromatic nitrogens is 3. The molecule has 0 saturated heterocycles. The molecule has 1 aromatic rings. The lowest BCUT2D eigenvalue weighted by atomic mass is 10.1. The van der Waals surface area contributed by atoms with Crippen LogP contribution in [0.15, 0.2) is 6.33 Å². The SMILES string of the molecule is Cn1ncnc1CC(CCCCl)NN. The monoisotopic (exact) mass is 217 g/mol. The van der Waals surface area contributed by atoms with E-state index in [0.29, 0.717) is 5.88 Å². The van der Waals surface area contributed by atoms with Crippen LogP contribution in [0.25, 0.3) is 0 Å². The van der Waals surface area contributed by atoms with Crippen molar-refractivity contribution in [3.05, 3.63) is 12.2 Å². The number of nitrogens with one attached hydrogen (secondary N) is 1. The highest BCUT2D eigenvalue weighted by Gasteiger charge is 2.10. The summed E-state index contributed by atoms with van der Waals surface area (Å²) in [5, 5.41) is 4.00. The zero-order chi connectivity index (χ0) is 10.4. The first kappa shape index (κ1) is 11.4. The van der Waals surface area contributed by atoms with Gasteiger partial charge >= 0.3 is 0 Å². The van der Waals surface area contributed by atoms with Gasteiger partial charge in [-0.25, -0.2) is 4.98 Å². The van der Waals surface area contributed by atoms with E-state index in [4.69, 9.17) is 17.4 Å². The lowest BCUT2D eigenvalue weighted by molar-refractivity contribution is 0.469. The summed E-state index contributed by atoms with van der Waals surface area (Å²) >= 11 is 5.61. The Hall–Kier alpha value is -0.650. The Balaban J connectivity index is 2.44. The maximum Gasteiger partial charge on any atom is 0.138 e. The van der Waals surface area contributed by atoms with Gasteiger partial charge < -0.3 is 0 Å². The summed E-state index contributed by atoms with van der Waals surface area (Å²) in [5.74, 6) is 7.03. The van der Waals surface area contributed by atoms with Crippen molar-refractivity contribution in [3.8, 4) is 0 Å². The van der Waals surface area contributed by atoms with Crippen LogP contribution >= 0.6 is 11.6 Å². The molecule has 0 amide bonds. The molecule has 1 atom stereocenters. The fraction of sp³-hybridized carbons (Fsp3) is 0.750. The summed E-state index contributed by atoms with van der Waals surface area (Å²) in [5.41, 5.74) is 2.76. The van der Waals surface area contributed by atoms with Crippen molar-refractivity contribution in [1.29, 1.82) is 0 Å². The lowest BCUT2D eigenvalue weighted by Gasteiger charge is -2.13. The van der Waals surface area contributed by atoms with E-state index < -0.39 is 0 Å². The van der Waals surface area contributed by atoms with Crippen LogP contribution in [-0.2, 0) is 13.5 Å². The molecule has 0 aliphatic carbocycles. The number of halogens is 1. The highest BCUT2D eigenvalue weighted by Crippen LogP contribution is 2.04. The van der Waals surface area contributed by atoms with Crippen LogP contribution in [0.2, 0.25) is 0 Å². The second kappa shape index (κ2) is 5.95. The quantitative estimate of drug-likeness (QED) is 0.406. The predicted molar refractivity (Wildman–Crippen MR) is 55.8 cm³/mol. The molecule has 0 aromatic carbocycles. The minimum Gasteiger partial charge on any atom is -0.271 e. The largest absolute Gasteiger partial charge is 0.271 e. The van der Waals surface area contributed by atoms with Crippen LogP contribution in [-0.4, -0.2) is 26.7 Å². The lowest BCUT2D eigenvalue weighted by Crippen LogP contribution is -2.37. The highest BCUT2D eigenvalue weighted by molar-refractivity contribution is 6.17. The minimum atomic E-state index is 0.219. The van der Waals surface area contributed by atoms with E-state index in [2.05, 4.69) is 15.5 Å². The number of hydrazine groups is 1. The number of hydrogen-bond acceptors (Lipinski definition) is 4. The summed E-state index contributed by atoms with van der Waals surface area (Å²) in [7, 11) is 1.87. The van der Waals surface area contributed by atoms with Crippen molar-refractivity contribution in [2.45, 2.75) is 25.3 Å². The average Bonchev–Trinajstić information content (AvgIpc) is 2.59. The van der Waals surface area contributed by atoms with Gasteiger partial charge in [-0.3, -0.25) is 16.0 Å². The van der Waals surface area contributed by atoms with Crippen molar-refractivity contribution in [2.24, 2.45) is 12.9 Å². The molecule has 1 rings (SSSR count). The Bertz CT molecular complexity index is 262. The van der Waals surface area contributed by atoms with Gasteiger partial charge in [-0.2, -0.15) is 5.10 Å². The Kier molecular flexibility index (Phi) is 4.86. The van der Waals surface area contributed by atoms with E-state index in [9.17, 15) is 0 Å². The van der Waals surface area contributed by atoms with Gasteiger partial charge in [0.25, 0.3) is 0 Å². The van der Waals surface area contributed by atoms with Gasteiger partial charge in [0, 0.05) is 25.4 Å². The van der Waals surface area contributed by atoms with Gasteiger partial charge in [0.2, 0.25) is 0 Å². The van der Waals surface area contributed by atoms with E-state index in [1.807, 2.05) is 7.05 Å². The first-order valence-electron chi connectivity index (χ1n) is 4.63. The average molecular weight is 218 g/mol. The molecule has 0 radical (unpaired) electrons. The summed E-state index contributed by atoms with van der Waals surface area (Å²) in [6.45, 7) is 0. The molecule has 6 heteroatoms.